The normalized spacial score (nSPS) is 21.4. The first-order chi connectivity index (χ1) is 17.8. The first-order valence-corrected chi connectivity index (χ1v) is 14.8. The van der Waals surface area contributed by atoms with Crippen molar-refractivity contribution in [3.05, 3.63) is 46.4 Å². The predicted octanol–water partition coefficient (Wildman–Crippen LogP) is 3.11. The molecule has 0 spiro atoms. The quantitative estimate of drug-likeness (QED) is 0.553. The highest BCUT2D eigenvalue weighted by Crippen LogP contribution is 2.40. The summed E-state index contributed by atoms with van der Waals surface area (Å²) < 4.78 is 41.3. The third kappa shape index (κ3) is 5.21. The minimum Gasteiger partial charge on any atom is -0.486 e. The number of piperidine rings is 1. The second-order valence-corrected chi connectivity index (χ2v) is 12.3. The molecule has 2 amide bonds. The van der Waals surface area contributed by atoms with Crippen LogP contribution in [0.5, 0.6) is 11.5 Å². The molecule has 0 saturated carbocycles. The molecule has 3 aliphatic rings. The van der Waals surface area contributed by atoms with E-state index in [0.717, 1.165) is 5.56 Å². The molecule has 0 bridgehead atoms. The number of para-hydroxylation sites is 2. The molecule has 11 heteroatoms. The molecule has 1 fully saturated rings. The fourth-order valence-corrected chi connectivity index (χ4v) is 7.58. The number of benzene rings is 2. The zero-order valence-electron chi connectivity index (χ0n) is 20.6. The SMILES string of the molecule is CCC(=O)N1CCc2cc(Br)cc(S(=O)(=O)N3CCC[C@H](C(=O)NC[C@H]4COc5ccccc5O4)C3)c21. The van der Waals surface area contributed by atoms with Gasteiger partial charge in [0.05, 0.1) is 18.2 Å². The van der Waals surface area contributed by atoms with Crippen LogP contribution in [0.15, 0.2) is 45.8 Å². The monoisotopic (exact) mass is 591 g/mol. The Hall–Kier alpha value is -2.63. The number of anilines is 1. The number of rotatable bonds is 6. The molecule has 2 aromatic rings. The number of carbonyl (C=O) groups excluding carboxylic acids is 2. The lowest BCUT2D eigenvalue weighted by molar-refractivity contribution is -0.126. The summed E-state index contributed by atoms with van der Waals surface area (Å²) in [5, 5.41) is 2.92. The second kappa shape index (κ2) is 10.6. The van der Waals surface area contributed by atoms with E-state index in [2.05, 4.69) is 21.2 Å². The Kier molecular flexibility index (Phi) is 7.46. The average Bonchev–Trinajstić information content (AvgIpc) is 3.34. The van der Waals surface area contributed by atoms with Crippen LogP contribution in [0.3, 0.4) is 0 Å². The lowest BCUT2D eigenvalue weighted by Gasteiger charge is -2.33. The maximum atomic E-state index is 13.8. The summed E-state index contributed by atoms with van der Waals surface area (Å²) in [6.45, 7) is 3.23. The van der Waals surface area contributed by atoms with E-state index in [9.17, 15) is 18.0 Å². The van der Waals surface area contributed by atoms with Gasteiger partial charge in [-0.25, -0.2) is 8.42 Å². The van der Waals surface area contributed by atoms with Gasteiger partial charge in [0.15, 0.2) is 11.5 Å². The molecular weight excluding hydrogens is 562 g/mol. The summed E-state index contributed by atoms with van der Waals surface area (Å²) in [5.41, 5.74) is 1.30. The first-order valence-electron chi connectivity index (χ1n) is 12.6. The van der Waals surface area contributed by atoms with Crippen molar-refractivity contribution in [2.24, 2.45) is 5.92 Å². The summed E-state index contributed by atoms with van der Waals surface area (Å²) in [6.07, 6.45) is 1.74. The van der Waals surface area contributed by atoms with E-state index in [-0.39, 0.29) is 35.9 Å². The van der Waals surface area contributed by atoms with Crippen molar-refractivity contribution in [2.75, 3.05) is 37.7 Å². The lowest BCUT2D eigenvalue weighted by Crippen LogP contribution is -2.48. The van der Waals surface area contributed by atoms with Gasteiger partial charge in [-0.1, -0.05) is 35.0 Å². The van der Waals surface area contributed by atoms with Crippen LogP contribution in [0.25, 0.3) is 0 Å². The smallest absolute Gasteiger partial charge is 0.245 e. The van der Waals surface area contributed by atoms with Crippen LogP contribution in [0.2, 0.25) is 0 Å². The number of carbonyl (C=O) groups is 2. The average molecular weight is 593 g/mol. The Morgan fingerprint density at radius 2 is 1.95 bits per heavy atom. The molecule has 2 aromatic carbocycles. The number of sulfonamides is 1. The van der Waals surface area contributed by atoms with Gasteiger partial charge in [0, 0.05) is 30.5 Å². The number of halogens is 1. The maximum Gasteiger partial charge on any atom is 0.245 e. The Morgan fingerprint density at radius 1 is 1.16 bits per heavy atom. The van der Waals surface area contributed by atoms with E-state index >= 15 is 0 Å². The topological polar surface area (TPSA) is 105 Å². The molecule has 5 rings (SSSR count). The third-order valence-electron chi connectivity index (χ3n) is 7.04. The van der Waals surface area contributed by atoms with Gasteiger partial charge in [-0.2, -0.15) is 4.31 Å². The van der Waals surface area contributed by atoms with Crippen molar-refractivity contribution in [3.8, 4) is 11.5 Å². The molecular formula is C26H30BrN3O6S. The standard InChI is InChI=1S/C26H30BrN3O6S/c1-2-24(31)30-11-9-17-12-19(27)13-23(25(17)30)37(33,34)29-10-5-6-18(15-29)26(32)28-14-20-16-35-21-7-3-4-8-22(21)36-20/h3-4,7-8,12-13,18,20H,2,5-6,9-11,14-16H2,1H3,(H,28,32)/t18-,20-/m0/s1. The van der Waals surface area contributed by atoms with Crippen LogP contribution < -0.4 is 19.7 Å². The summed E-state index contributed by atoms with van der Waals surface area (Å²) in [7, 11) is -3.93. The molecule has 0 unspecified atom stereocenters. The Morgan fingerprint density at radius 3 is 2.73 bits per heavy atom. The molecule has 0 aromatic heterocycles. The van der Waals surface area contributed by atoms with Gasteiger partial charge < -0.3 is 19.7 Å². The summed E-state index contributed by atoms with van der Waals surface area (Å²) >= 11 is 3.44. The minimum absolute atomic E-state index is 0.0854. The van der Waals surface area contributed by atoms with Crippen molar-refractivity contribution in [2.45, 2.75) is 43.6 Å². The molecule has 3 heterocycles. The van der Waals surface area contributed by atoms with Crippen molar-refractivity contribution in [1.82, 2.24) is 9.62 Å². The van der Waals surface area contributed by atoms with Gasteiger partial charge in [-0.15, -0.1) is 0 Å². The highest BCUT2D eigenvalue weighted by Gasteiger charge is 2.38. The highest BCUT2D eigenvalue weighted by atomic mass is 79.9. The Bertz CT molecular complexity index is 1320. The van der Waals surface area contributed by atoms with Crippen molar-refractivity contribution >= 4 is 43.5 Å². The van der Waals surface area contributed by atoms with Crippen LogP contribution >= 0.6 is 15.9 Å². The van der Waals surface area contributed by atoms with E-state index in [0.29, 0.717) is 67.0 Å². The zero-order chi connectivity index (χ0) is 26.2. The molecule has 0 aliphatic carbocycles. The predicted molar refractivity (Wildman–Crippen MR) is 141 cm³/mol. The number of fused-ring (bicyclic) bond motifs is 2. The molecule has 198 valence electrons. The van der Waals surface area contributed by atoms with E-state index in [1.165, 1.54) is 4.31 Å². The van der Waals surface area contributed by atoms with Gasteiger partial charge in [-0.3, -0.25) is 9.59 Å². The number of amides is 2. The fourth-order valence-electron chi connectivity index (χ4n) is 5.14. The highest BCUT2D eigenvalue weighted by molar-refractivity contribution is 9.10. The summed E-state index contributed by atoms with van der Waals surface area (Å²) in [4.78, 5) is 27.3. The van der Waals surface area contributed by atoms with Crippen molar-refractivity contribution < 1.29 is 27.5 Å². The van der Waals surface area contributed by atoms with Crippen molar-refractivity contribution in [1.29, 1.82) is 0 Å². The van der Waals surface area contributed by atoms with Gasteiger partial charge in [0.1, 0.15) is 17.6 Å². The number of hydrogen-bond donors (Lipinski definition) is 1. The molecule has 9 nitrogen and oxygen atoms in total. The molecule has 1 saturated heterocycles. The number of ether oxygens (including phenoxy) is 2. The van der Waals surface area contributed by atoms with Gasteiger partial charge in [-0.05, 0) is 49.1 Å². The Balaban J connectivity index is 1.28. The van der Waals surface area contributed by atoms with E-state index in [4.69, 9.17) is 9.47 Å². The zero-order valence-corrected chi connectivity index (χ0v) is 23.0. The lowest BCUT2D eigenvalue weighted by atomic mass is 9.99. The number of nitrogens with zero attached hydrogens (tertiary/aromatic N) is 2. The first kappa shape index (κ1) is 26.0. The van der Waals surface area contributed by atoms with Crippen LogP contribution in [0.1, 0.15) is 31.7 Å². The molecule has 37 heavy (non-hydrogen) atoms. The van der Waals surface area contributed by atoms with E-state index in [1.54, 1.807) is 17.9 Å². The van der Waals surface area contributed by atoms with E-state index in [1.807, 2.05) is 30.3 Å². The molecule has 2 atom stereocenters. The molecule has 1 N–H and O–H groups in total. The fraction of sp³-hybridized carbons (Fsp3) is 0.462. The van der Waals surface area contributed by atoms with Crippen LogP contribution in [0, 0.1) is 5.92 Å². The third-order valence-corrected chi connectivity index (χ3v) is 9.38. The van der Waals surface area contributed by atoms with Gasteiger partial charge in [0.2, 0.25) is 21.8 Å². The Labute approximate surface area is 225 Å². The molecule has 3 aliphatic heterocycles. The summed E-state index contributed by atoms with van der Waals surface area (Å²) in [6, 6.07) is 10.8. The molecule has 0 radical (unpaired) electrons. The maximum absolute atomic E-state index is 13.8. The van der Waals surface area contributed by atoms with Crippen LogP contribution in [-0.4, -0.2) is 63.4 Å². The van der Waals surface area contributed by atoms with E-state index < -0.39 is 15.9 Å². The number of nitrogens with one attached hydrogen (secondary N) is 1. The van der Waals surface area contributed by atoms with Gasteiger partial charge >= 0.3 is 0 Å². The van der Waals surface area contributed by atoms with Crippen LogP contribution in [-0.2, 0) is 26.0 Å². The summed E-state index contributed by atoms with van der Waals surface area (Å²) in [5.74, 6) is 0.528. The number of hydrogen-bond acceptors (Lipinski definition) is 6. The second-order valence-electron chi connectivity index (χ2n) is 9.51. The largest absolute Gasteiger partial charge is 0.486 e. The van der Waals surface area contributed by atoms with Crippen molar-refractivity contribution in [3.63, 3.8) is 0 Å². The minimum atomic E-state index is -3.93. The van der Waals surface area contributed by atoms with Crippen LogP contribution in [0.4, 0.5) is 5.69 Å². The van der Waals surface area contributed by atoms with Gasteiger partial charge in [0.25, 0.3) is 0 Å².